The molecule has 7 nitrogen and oxygen atoms in total. The van der Waals surface area contributed by atoms with Gasteiger partial charge in [0, 0.05) is 5.69 Å². The number of nitrogens with zero attached hydrogens (tertiary/aromatic N) is 1. The van der Waals surface area contributed by atoms with E-state index in [9.17, 15) is 14.9 Å². The first-order chi connectivity index (χ1) is 12.9. The van der Waals surface area contributed by atoms with Crippen molar-refractivity contribution in [2.75, 3.05) is 19.0 Å². The standard InChI is InChI=1S/C19H16BrN3O4/c1-26-15-5-3-14(4-6-15)23-19(25)13(10-21)8-12-2-7-17(16(20)9-12)27-11-18(22)24/h2-9H,11H2,1H3,(H2,22,24)(H,23,25)/b13-8+. The average molecular weight is 430 g/mol. The number of halogens is 1. The lowest BCUT2D eigenvalue weighted by Gasteiger charge is -2.08. The van der Waals surface area contributed by atoms with Gasteiger partial charge in [0.05, 0.1) is 11.6 Å². The Labute approximate surface area is 164 Å². The summed E-state index contributed by atoms with van der Waals surface area (Å²) >= 11 is 3.31. The van der Waals surface area contributed by atoms with Gasteiger partial charge in [-0.25, -0.2) is 0 Å². The zero-order chi connectivity index (χ0) is 19.8. The summed E-state index contributed by atoms with van der Waals surface area (Å²) in [6.45, 7) is -0.249. The summed E-state index contributed by atoms with van der Waals surface area (Å²) in [4.78, 5) is 23.1. The average Bonchev–Trinajstić information content (AvgIpc) is 2.65. The smallest absolute Gasteiger partial charge is 0.266 e. The summed E-state index contributed by atoms with van der Waals surface area (Å²) in [6.07, 6.45) is 1.45. The Morgan fingerprint density at radius 3 is 2.52 bits per heavy atom. The Balaban J connectivity index is 2.14. The maximum atomic E-state index is 12.3. The van der Waals surface area contributed by atoms with E-state index >= 15 is 0 Å². The minimum absolute atomic E-state index is 0.0662. The Kier molecular flexibility index (Phi) is 6.97. The number of hydrogen-bond donors (Lipinski definition) is 2. The van der Waals surface area contributed by atoms with Gasteiger partial charge in [-0.3, -0.25) is 9.59 Å². The normalized spacial score (nSPS) is 10.6. The molecule has 0 bridgehead atoms. The number of methoxy groups -OCH3 is 1. The van der Waals surface area contributed by atoms with E-state index in [0.717, 1.165) is 0 Å². The van der Waals surface area contributed by atoms with Crippen LogP contribution in [0.15, 0.2) is 52.5 Å². The van der Waals surface area contributed by atoms with Crippen LogP contribution in [0.4, 0.5) is 5.69 Å². The number of anilines is 1. The second-order valence-electron chi connectivity index (χ2n) is 5.30. The SMILES string of the molecule is COc1ccc(NC(=O)/C(C#N)=C/c2ccc(OCC(N)=O)c(Br)c2)cc1. The van der Waals surface area contributed by atoms with E-state index in [4.69, 9.17) is 15.2 Å². The van der Waals surface area contributed by atoms with Crippen molar-refractivity contribution in [3.63, 3.8) is 0 Å². The molecule has 2 aromatic rings. The highest BCUT2D eigenvalue weighted by atomic mass is 79.9. The van der Waals surface area contributed by atoms with Crippen LogP contribution in [0.3, 0.4) is 0 Å². The van der Waals surface area contributed by atoms with Gasteiger partial charge in [-0.15, -0.1) is 0 Å². The van der Waals surface area contributed by atoms with Crippen LogP contribution in [0.2, 0.25) is 0 Å². The molecule has 0 radical (unpaired) electrons. The van der Waals surface area contributed by atoms with E-state index in [0.29, 0.717) is 27.2 Å². The Morgan fingerprint density at radius 2 is 1.96 bits per heavy atom. The first-order valence-electron chi connectivity index (χ1n) is 7.70. The minimum Gasteiger partial charge on any atom is -0.497 e. The van der Waals surface area contributed by atoms with E-state index in [2.05, 4.69) is 21.2 Å². The van der Waals surface area contributed by atoms with Gasteiger partial charge in [0.25, 0.3) is 11.8 Å². The molecule has 2 amide bonds. The minimum atomic E-state index is -0.590. The van der Waals surface area contributed by atoms with Crippen molar-refractivity contribution in [1.29, 1.82) is 5.26 Å². The highest BCUT2D eigenvalue weighted by Crippen LogP contribution is 2.27. The molecule has 0 aliphatic rings. The highest BCUT2D eigenvalue weighted by Gasteiger charge is 2.11. The topological polar surface area (TPSA) is 114 Å². The van der Waals surface area contributed by atoms with Crippen LogP contribution in [0, 0.1) is 11.3 Å². The fraction of sp³-hybridized carbons (Fsp3) is 0.105. The number of amides is 2. The van der Waals surface area contributed by atoms with Crippen LogP contribution in [0.25, 0.3) is 6.08 Å². The van der Waals surface area contributed by atoms with Crippen LogP contribution in [0.5, 0.6) is 11.5 Å². The van der Waals surface area contributed by atoms with Gasteiger partial charge in [-0.05, 0) is 64.0 Å². The largest absolute Gasteiger partial charge is 0.497 e. The third-order valence-electron chi connectivity index (χ3n) is 3.35. The van der Waals surface area contributed by atoms with Crippen molar-refractivity contribution >= 4 is 39.5 Å². The number of carbonyl (C=O) groups is 2. The molecule has 0 aliphatic heterocycles. The van der Waals surface area contributed by atoms with E-state index in [-0.39, 0.29) is 12.2 Å². The van der Waals surface area contributed by atoms with Crippen molar-refractivity contribution < 1.29 is 19.1 Å². The summed E-state index contributed by atoms with van der Waals surface area (Å²) in [6, 6.07) is 13.6. The maximum absolute atomic E-state index is 12.3. The molecule has 0 fully saturated rings. The fourth-order valence-electron chi connectivity index (χ4n) is 2.06. The molecule has 2 rings (SSSR count). The molecular weight excluding hydrogens is 414 g/mol. The summed E-state index contributed by atoms with van der Waals surface area (Å²) in [7, 11) is 1.55. The predicted octanol–water partition coefficient (Wildman–Crippen LogP) is 2.87. The molecule has 0 spiro atoms. The highest BCUT2D eigenvalue weighted by molar-refractivity contribution is 9.10. The molecule has 2 aromatic carbocycles. The zero-order valence-corrected chi connectivity index (χ0v) is 15.9. The van der Waals surface area contributed by atoms with Crippen LogP contribution in [0.1, 0.15) is 5.56 Å². The fourth-order valence-corrected chi connectivity index (χ4v) is 2.57. The molecule has 0 heterocycles. The monoisotopic (exact) mass is 429 g/mol. The number of nitriles is 1. The van der Waals surface area contributed by atoms with Gasteiger partial charge in [0.1, 0.15) is 23.1 Å². The number of benzene rings is 2. The second kappa shape index (κ2) is 9.40. The van der Waals surface area contributed by atoms with Gasteiger partial charge < -0.3 is 20.5 Å². The molecule has 0 saturated heterocycles. The first-order valence-corrected chi connectivity index (χ1v) is 8.50. The van der Waals surface area contributed by atoms with Crippen molar-refractivity contribution in [3.05, 3.63) is 58.1 Å². The van der Waals surface area contributed by atoms with Gasteiger partial charge in [-0.1, -0.05) is 6.07 Å². The van der Waals surface area contributed by atoms with Gasteiger partial charge in [0.15, 0.2) is 6.61 Å². The summed E-state index contributed by atoms with van der Waals surface area (Å²) in [5.74, 6) is -0.0413. The zero-order valence-electron chi connectivity index (χ0n) is 14.4. The van der Waals surface area contributed by atoms with Crippen LogP contribution < -0.4 is 20.5 Å². The Morgan fingerprint density at radius 1 is 1.26 bits per heavy atom. The van der Waals surface area contributed by atoms with E-state index < -0.39 is 11.8 Å². The number of carbonyl (C=O) groups excluding carboxylic acids is 2. The van der Waals surface area contributed by atoms with Crippen LogP contribution in [-0.2, 0) is 9.59 Å². The van der Waals surface area contributed by atoms with Crippen molar-refractivity contribution in [2.24, 2.45) is 5.73 Å². The molecule has 0 aromatic heterocycles. The summed E-state index contributed by atoms with van der Waals surface area (Å²) < 4.78 is 10.9. The van der Waals surface area contributed by atoms with Gasteiger partial charge >= 0.3 is 0 Å². The summed E-state index contributed by atoms with van der Waals surface area (Å²) in [5, 5.41) is 12.0. The number of nitrogens with two attached hydrogens (primary N) is 1. The molecule has 0 aliphatic carbocycles. The molecule has 138 valence electrons. The van der Waals surface area contributed by atoms with Crippen molar-refractivity contribution in [3.8, 4) is 17.6 Å². The number of nitrogens with one attached hydrogen (secondary N) is 1. The lowest BCUT2D eigenvalue weighted by molar-refractivity contribution is -0.120. The second-order valence-corrected chi connectivity index (χ2v) is 6.15. The molecular formula is C19H16BrN3O4. The van der Waals surface area contributed by atoms with E-state index in [1.165, 1.54) is 6.08 Å². The number of hydrogen-bond acceptors (Lipinski definition) is 5. The number of primary amides is 1. The van der Waals surface area contributed by atoms with Crippen LogP contribution in [-0.4, -0.2) is 25.5 Å². The molecule has 0 unspecified atom stereocenters. The van der Waals surface area contributed by atoms with Crippen molar-refractivity contribution in [2.45, 2.75) is 0 Å². The van der Waals surface area contributed by atoms with Gasteiger partial charge in [-0.2, -0.15) is 5.26 Å². The van der Waals surface area contributed by atoms with E-state index in [1.807, 2.05) is 6.07 Å². The molecule has 3 N–H and O–H groups in total. The summed E-state index contributed by atoms with van der Waals surface area (Å²) in [5.41, 5.74) is 6.12. The first kappa shape index (κ1) is 20.0. The lowest BCUT2D eigenvalue weighted by atomic mass is 10.1. The lowest BCUT2D eigenvalue weighted by Crippen LogP contribution is -2.20. The molecule has 27 heavy (non-hydrogen) atoms. The third kappa shape index (κ3) is 5.87. The van der Waals surface area contributed by atoms with E-state index in [1.54, 1.807) is 49.6 Å². The quantitative estimate of drug-likeness (QED) is 0.518. The van der Waals surface area contributed by atoms with Gasteiger partial charge in [0.2, 0.25) is 0 Å². The third-order valence-corrected chi connectivity index (χ3v) is 3.97. The molecule has 0 atom stereocenters. The molecule has 8 heteroatoms. The predicted molar refractivity (Wildman–Crippen MR) is 104 cm³/mol. The Bertz CT molecular complexity index is 918. The molecule has 0 saturated carbocycles. The Hall–Kier alpha value is -3.31. The van der Waals surface area contributed by atoms with Crippen LogP contribution >= 0.6 is 15.9 Å². The number of rotatable bonds is 7. The van der Waals surface area contributed by atoms with Crippen molar-refractivity contribution in [1.82, 2.24) is 0 Å². The number of ether oxygens (including phenoxy) is 2. The maximum Gasteiger partial charge on any atom is 0.266 e.